The van der Waals surface area contributed by atoms with Crippen LogP contribution < -0.4 is 5.43 Å². The fourth-order valence-electron chi connectivity index (χ4n) is 0.357. The molecule has 0 fully saturated rings. The highest BCUT2D eigenvalue weighted by molar-refractivity contribution is 5.56. The fourth-order valence-corrected chi connectivity index (χ4v) is 0.357. The molecule has 0 bridgehead atoms. The fraction of sp³-hybridized carbons (Fsp3) is 0.200. The minimum Gasteiger partial charge on any atom is -0.275 e. The van der Waals surface area contributed by atoms with Gasteiger partial charge in [-0.05, 0) is 13.0 Å². The van der Waals surface area contributed by atoms with Gasteiger partial charge in [0.15, 0.2) is 0 Å². The van der Waals surface area contributed by atoms with Crippen LogP contribution in [0.3, 0.4) is 0 Å². The van der Waals surface area contributed by atoms with E-state index in [2.05, 4.69) is 16.4 Å². The molecule has 1 heterocycles. The van der Waals surface area contributed by atoms with Gasteiger partial charge in [0.25, 0.3) is 0 Å². The normalized spacial score (nSPS) is 15.9. The van der Waals surface area contributed by atoms with Crippen LogP contribution in [0.4, 0.5) is 0 Å². The summed E-state index contributed by atoms with van der Waals surface area (Å²) in [5, 5.41) is 3.63. The summed E-state index contributed by atoms with van der Waals surface area (Å²) in [5.41, 5.74) is 3.78. The van der Waals surface area contributed by atoms with E-state index in [9.17, 15) is 0 Å². The summed E-state index contributed by atoms with van der Waals surface area (Å²) in [6.07, 6.45) is 3.68. The monoisotopic (exact) mass is 94.1 g/mol. The Hall–Kier alpha value is -1.01. The molecule has 0 aromatic heterocycles. The Morgan fingerprint density at radius 3 is 3.00 bits per heavy atom. The molecule has 1 rings (SSSR count). The topological polar surface area (TPSA) is 24.4 Å². The van der Waals surface area contributed by atoms with Crippen LogP contribution in [0.2, 0.25) is 0 Å². The average Bonchev–Trinajstić information content (AvgIpc) is 1.69. The van der Waals surface area contributed by atoms with E-state index in [1.165, 1.54) is 0 Å². The zero-order valence-corrected chi connectivity index (χ0v) is 4.10. The summed E-state index contributed by atoms with van der Waals surface area (Å²) in [6, 6.07) is 0. The van der Waals surface area contributed by atoms with Crippen LogP contribution in [0, 0.1) is 0 Å². The SMILES string of the molecule is CC1=CC=C=NN1. The lowest BCUT2D eigenvalue weighted by atomic mass is 10.4. The number of hydrogen-bond acceptors (Lipinski definition) is 2. The van der Waals surface area contributed by atoms with Crippen molar-refractivity contribution in [1.82, 2.24) is 5.43 Å². The number of allylic oxidation sites excluding steroid dienone is 3. The van der Waals surface area contributed by atoms with Crippen molar-refractivity contribution in [2.24, 2.45) is 5.10 Å². The first-order chi connectivity index (χ1) is 3.39. The van der Waals surface area contributed by atoms with Gasteiger partial charge >= 0.3 is 0 Å². The maximum atomic E-state index is 3.63. The van der Waals surface area contributed by atoms with Crippen molar-refractivity contribution in [2.45, 2.75) is 6.92 Å². The summed E-state index contributed by atoms with van der Waals surface area (Å²) in [7, 11) is 0. The van der Waals surface area contributed by atoms with Gasteiger partial charge in [-0.1, -0.05) is 0 Å². The predicted octanol–water partition coefficient (Wildman–Crippen LogP) is 0.634. The van der Waals surface area contributed by atoms with Gasteiger partial charge in [0.05, 0.1) is 0 Å². The highest BCUT2D eigenvalue weighted by Crippen LogP contribution is 1.87. The molecule has 0 spiro atoms. The van der Waals surface area contributed by atoms with E-state index in [0.717, 1.165) is 5.70 Å². The number of hydrazone groups is 1. The quantitative estimate of drug-likeness (QED) is 0.468. The van der Waals surface area contributed by atoms with E-state index < -0.39 is 0 Å². The molecule has 0 amide bonds. The molecular formula is C5H6N2. The molecule has 1 aliphatic heterocycles. The standard InChI is InChI=1S/C5H6N2/c1-5-3-2-4-6-7-5/h2-3,7H,1H3. The third-order valence-electron chi connectivity index (χ3n) is 0.705. The molecule has 2 nitrogen and oxygen atoms in total. The van der Waals surface area contributed by atoms with Crippen LogP contribution in [0.1, 0.15) is 6.92 Å². The molecule has 0 unspecified atom stereocenters. The minimum atomic E-state index is 1.05. The van der Waals surface area contributed by atoms with Crippen LogP contribution in [0.15, 0.2) is 23.0 Å². The van der Waals surface area contributed by atoms with Gasteiger partial charge in [-0.25, -0.2) is 0 Å². The molecule has 0 saturated carbocycles. The Morgan fingerprint density at radius 1 is 1.86 bits per heavy atom. The molecule has 0 aromatic rings. The summed E-state index contributed by atoms with van der Waals surface area (Å²) in [4.78, 5) is 0. The lowest BCUT2D eigenvalue weighted by molar-refractivity contribution is 0.890. The van der Waals surface area contributed by atoms with Crippen LogP contribution >= 0.6 is 0 Å². The minimum absolute atomic E-state index is 1.05. The first-order valence-electron chi connectivity index (χ1n) is 2.11. The second kappa shape index (κ2) is 1.63. The molecule has 0 radical (unpaired) electrons. The van der Waals surface area contributed by atoms with E-state index in [1.807, 2.05) is 13.0 Å². The number of nitrogens with zero attached hydrogens (tertiary/aromatic N) is 1. The lowest BCUT2D eigenvalue weighted by Gasteiger charge is -1.95. The zero-order valence-electron chi connectivity index (χ0n) is 4.10. The molecule has 1 aliphatic rings. The van der Waals surface area contributed by atoms with E-state index >= 15 is 0 Å². The maximum Gasteiger partial charge on any atom is 0.0319 e. The molecule has 0 aromatic carbocycles. The summed E-state index contributed by atoms with van der Waals surface area (Å²) in [5.74, 6) is 2.63. The van der Waals surface area contributed by atoms with Crippen LogP contribution in [0.25, 0.3) is 0 Å². The summed E-state index contributed by atoms with van der Waals surface area (Å²) >= 11 is 0. The predicted molar refractivity (Wildman–Crippen MR) is 28.9 cm³/mol. The molecule has 0 saturated heterocycles. The van der Waals surface area contributed by atoms with E-state index in [-0.39, 0.29) is 0 Å². The lowest BCUT2D eigenvalue weighted by Crippen LogP contribution is -2.01. The molecule has 0 atom stereocenters. The van der Waals surface area contributed by atoms with Crippen molar-refractivity contribution in [1.29, 1.82) is 0 Å². The maximum absolute atomic E-state index is 3.63. The Bertz CT molecular complexity index is 149. The zero-order chi connectivity index (χ0) is 5.11. The van der Waals surface area contributed by atoms with Crippen LogP contribution in [-0.4, -0.2) is 5.87 Å². The van der Waals surface area contributed by atoms with E-state index in [4.69, 9.17) is 0 Å². The van der Waals surface area contributed by atoms with Gasteiger partial charge in [0.2, 0.25) is 0 Å². The first kappa shape index (κ1) is 4.16. The number of rotatable bonds is 0. The van der Waals surface area contributed by atoms with Crippen molar-refractivity contribution < 1.29 is 0 Å². The molecule has 1 N–H and O–H groups in total. The highest BCUT2D eigenvalue weighted by Gasteiger charge is 1.81. The number of nitrogens with one attached hydrogen (secondary N) is 1. The summed E-state index contributed by atoms with van der Waals surface area (Å²) in [6.45, 7) is 1.95. The highest BCUT2D eigenvalue weighted by atomic mass is 15.3. The third kappa shape index (κ3) is 0.913. The molecule has 2 heteroatoms. The van der Waals surface area contributed by atoms with Crippen molar-refractivity contribution in [3.63, 3.8) is 0 Å². The van der Waals surface area contributed by atoms with Crippen molar-refractivity contribution in [3.8, 4) is 0 Å². The van der Waals surface area contributed by atoms with Gasteiger partial charge in [-0.3, -0.25) is 5.43 Å². The Balaban J connectivity index is 2.77. The molecule has 7 heavy (non-hydrogen) atoms. The Labute approximate surface area is 42.2 Å². The van der Waals surface area contributed by atoms with Gasteiger partial charge in [0.1, 0.15) is 0 Å². The van der Waals surface area contributed by atoms with Crippen molar-refractivity contribution in [3.05, 3.63) is 17.8 Å². The molecule has 0 aliphatic carbocycles. The largest absolute Gasteiger partial charge is 0.275 e. The van der Waals surface area contributed by atoms with Crippen LogP contribution in [-0.2, 0) is 0 Å². The van der Waals surface area contributed by atoms with Crippen molar-refractivity contribution >= 4 is 5.87 Å². The number of hydrogen-bond donors (Lipinski definition) is 1. The molecule has 36 valence electrons. The Kier molecular flexibility index (Phi) is 0.966. The van der Waals surface area contributed by atoms with Gasteiger partial charge in [0, 0.05) is 17.6 Å². The van der Waals surface area contributed by atoms with E-state index in [0.29, 0.717) is 0 Å². The van der Waals surface area contributed by atoms with E-state index in [1.54, 1.807) is 6.08 Å². The van der Waals surface area contributed by atoms with Gasteiger partial charge in [-0.2, -0.15) is 0 Å². The second-order valence-corrected chi connectivity index (χ2v) is 1.37. The Morgan fingerprint density at radius 2 is 2.71 bits per heavy atom. The van der Waals surface area contributed by atoms with Gasteiger partial charge in [-0.15, -0.1) is 5.10 Å². The van der Waals surface area contributed by atoms with Crippen LogP contribution in [0.5, 0.6) is 0 Å². The summed E-state index contributed by atoms with van der Waals surface area (Å²) < 4.78 is 0. The first-order valence-corrected chi connectivity index (χ1v) is 2.11. The molecular weight excluding hydrogens is 88.1 g/mol. The van der Waals surface area contributed by atoms with Crippen molar-refractivity contribution in [2.75, 3.05) is 0 Å². The average molecular weight is 94.1 g/mol. The van der Waals surface area contributed by atoms with Gasteiger partial charge < -0.3 is 0 Å². The smallest absolute Gasteiger partial charge is 0.0319 e. The second-order valence-electron chi connectivity index (χ2n) is 1.37. The third-order valence-corrected chi connectivity index (χ3v) is 0.705.